The van der Waals surface area contributed by atoms with E-state index in [-0.39, 0.29) is 0 Å². The number of aryl methyl sites for hydroxylation is 1. The summed E-state index contributed by atoms with van der Waals surface area (Å²) in [5, 5.41) is 0. The second kappa shape index (κ2) is 5.71. The number of rotatable bonds is 1. The molecular weight excluding hydrogens is 138 g/mol. The number of nitrogens with zero attached hydrogens (tertiary/aromatic N) is 1. The van der Waals surface area contributed by atoms with E-state index >= 15 is 0 Å². The van der Waals surface area contributed by atoms with Crippen LogP contribution in [0.4, 0.5) is 0 Å². The van der Waals surface area contributed by atoms with Crippen LogP contribution in [0.25, 0.3) is 0 Å². The topological polar surface area (TPSA) is 13.1 Å². The van der Waals surface area contributed by atoms with Crippen LogP contribution in [0.1, 0.15) is 13.8 Å². The number of aromatic nitrogens is 1. The average Bonchev–Trinajstić information content (AvgIpc) is 2.10. The molecule has 0 aliphatic heterocycles. The van der Waals surface area contributed by atoms with E-state index in [0.29, 0.717) is 0 Å². The van der Waals surface area contributed by atoms with Gasteiger partial charge >= 0.3 is 0 Å². The van der Waals surface area contributed by atoms with Crippen LogP contribution >= 0.6 is 0 Å². The summed E-state index contributed by atoms with van der Waals surface area (Å²) in [6.07, 6.45) is 3.89. The maximum Gasteiger partial charge on any atom is 0.172 e. The summed E-state index contributed by atoms with van der Waals surface area (Å²) in [5.74, 6) is 0.896. The zero-order valence-electron chi connectivity index (χ0n) is 7.66. The Morgan fingerprint density at radius 1 is 1.18 bits per heavy atom. The fraction of sp³-hybridized carbons (Fsp3) is 0.444. The molecule has 62 valence electrons. The minimum absolute atomic E-state index is 0.896. The Labute approximate surface area is 68.4 Å². The first kappa shape index (κ1) is 9.95. The fourth-order valence-corrected chi connectivity index (χ4v) is 0.623. The van der Waals surface area contributed by atoms with Crippen molar-refractivity contribution in [3.8, 4) is 5.75 Å². The quantitative estimate of drug-likeness (QED) is 0.559. The van der Waals surface area contributed by atoms with Gasteiger partial charge in [-0.1, -0.05) is 13.8 Å². The van der Waals surface area contributed by atoms with Gasteiger partial charge in [-0.2, -0.15) is 0 Å². The summed E-state index contributed by atoms with van der Waals surface area (Å²) in [6.45, 7) is 4.00. The number of methoxy groups -OCH3 is 1. The van der Waals surface area contributed by atoms with Gasteiger partial charge in [-0.3, -0.25) is 0 Å². The van der Waals surface area contributed by atoms with Gasteiger partial charge in [0.1, 0.15) is 12.8 Å². The standard InChI is InChI=1S/C7H10NO.C2H6/c1-8-5-3-7(9-2)4-6-8;1-2/h3-6H,1-2H3;1-2H3/q+1;. The molecule has 11 heavy (non-hydrogen) atoms. The molecule has 0 saturated heterocycles. The van der Waals surface area contributed by atoms with Gasteiger partial charge in [0.05, 0.1) is 7.11 Å². The van der Waals surface area contributed by atoms with Crippen LogP contribution in [0.2, 0.25) is 0 Å². The SMILES string of the molecule is CC.COc1cc[n+](C)cc1. The van der Waals surface area contributed by atoms with Gasteiger partial charge < -0.3 is 4.74 Å². The molecule has 2 heteroatoms. The molecule has 1 aromatic heterocycles. The highest BCUT2D eigenvalue weighted by atomic mass is 16.5. The lowest BCUT2D eigenvalue weighted by Crippen LogP contribution is -2.25. The van der Waals surface area contributed by atoms with Crippen molar-refractivity contribution in [2.45, 2.75) is 13.8 Å². The summed E-state index contributed by atoms with van der Waals surface area (Å²) >= 11 is 0. The van der Waals surface area contributed by atoms with Crippen molar-refractivity contribution in [2.75, 3.05) is 7.11 Å². The molecule has 0 bridgehead atoms. The van der Waals surface area contributed by atoms with Gasteiger partial charge in [0.15, 0.2) is 12.4 Å². The molecule has 1 rings (SSSR count). The number of pyridine rings is 1. The van der Waals surface area contributed by atoms with Crippen molar-refractivity contribution in [1.29, 1.82) is 0 Å². The molecular formula is C9H16NO+. The van der Waals surface area contributed by atoms with E-state index in [0.717, 1.165) is 5.75 Å². The van der Waals surface area contributed by atoms with Crippen LogP contribution in [-0.4, -0.2) is 7.11 Å². The largest absolute Gasteiger partial charge is 0.496 e. The Morgan fingerprint density at radius 2 is 1.64 bits per heavy atom. The van der Waals surface area contributed by atoms with Crippen LogP contribution in [0.15, 0.2) is 24.5 Å². The monoisotopic (exact) mass is 154 g/mol. The van der Waals surface area contributed by atoms with Crippen molar-refractivity contribution in [3.63, 3.8) is 0 Å². The Bertz CT molecular complexity index is 181. The maximum absolute atomic E-state index is 4.96. The maximum atomic E-state index is 4.96. The molecule has 0 unspecified atom stereocenters. The van der Waals surface area contributed by atoms with Crippen molar-refractivity contribution < 1.29 is 9.30 Å². The number of ether oxygens (including phenoxy) is 1. The molecule has 0 fully saturated rings. The second-order valence-electron chi connectivity index (χ2n) is 1.90. The predicted molar refractivity (Wildman–Crippen MR) is 45.5 cm³/mol. The first-order chi connectivity index (χ1) is 5.33. The molecule has 0 aliphatic rings. The van der Waals surface area contributed by atoms with Crippen LogP contribution in [0.3, 0.4) is 0 Å². The molecule has 0 atom stereocenters. The zero-order chi connectivity index (χ0) is 8.69. The third-order valence-corrected chi connectivity index (χ3v) is 1.18. The van der Waals surface area contributed by atoms with Gasteiger partial charge in [0.25, 0.3) is 0 Å². The van der Waals surface area contributed by atoms with Crippen molar-refractivity contribution in [3.05, 3.63) is 24.5 Å². The Morgan fingerprint density at radius 3 is 2.00 bits per heavy atom. The van der Waals surface area contributed by atoms with E-state index in [1.165, 1.54) is 0 Å². The molecule has 0 spiro atoms. The van der Waals surface area contributed by atoms with Crippen molar-refractivity contribution in [2.24, 2.45) is 7.05 Å². The van der Waals surface area contributed by atoms with E-state index in [1.54, 1.807) is 7.11 Å². The van der Waals surface area contributed by atoms with Crippen molar-refractivity contribution >= 4 is 0 Å². The van der Waals surface area contributed by atoms with Gasteiger partial charge in [0.2, 0.25) is 0 Å². The van der Waals surface area contributed by atoms with E-state index in [1.807, 2.05) is 50.0 Å². The molecule has 1 heterocycles. The predicted octanol–water partition coefficient (Wildman–Crippen LogP) is 1.55. The summed E-state index contributed by atoms with van der Waals surface area (Å²) < 4.78 is 6.92. The molecule has 2 nitrogen and oxygen atoms in total. The lowest BCUT2D eigenvalue weighted by atomic mass is 10.4. The molecule has 0 amide bonds. The van der Waals surface area contributed by atoms with Crippen LogP contribution in [0.5, 0.6) is 5.75 Å². The minimum atomic E-state index is 0.896. The molecule has 0 aliphatic carbocycles. The fourth-order valence-electron chi connectivity index (χ4n) is 0.623. The molecule has 0 radical (unpaired) electrons. The van der Waals surface area contributed by atoms with E-state index in [2.05, 4.69) is 0 Å². The van der Waals surface area contributed by atoms with Crippen LogP contribution in [-0.2, 0) is 7.05 Å². The molecule has 0 N–H and O–H groups in total. The third kappa shape index (κ3) is 3.61. The summed E-state index contributed by atoms with van der Waals surface area (Å²) in [6, 6.07) is 3.83. The summed E-state index contributed by atoms with van der Waals surface area (Å²) in [5.41, 5.74) is 0. The van der Waals surface area contributed by atoms with E-state index < -0.39 is 0 Å². The third-order valence-electron chi connectivity index (χ3n) is 1.18. The normalized spacial score (nSPS) is 8.00. The van der Waals surface area contributed by atoms with E-state index in [4.69, 9.17) is 4.74 Å². The van der Waals surface area contributed by atoms with Gasteiger partial charge in [0, 0.05) is 12.1 Å². The Kier molecular flexibility index (Phi) is 5.17. The summed E-state index contributed by atoms with van der Waals surface area (Å²) in [4.78, 5) is 0. The average molecular weight is 154 g/mol. The zero-order valence-corrected chi connectivity index (χ0v) is 7.66. The first-order valence-electron chi connectivity index (χ1n) is 3.82. The second-order valence-corrected chi connectivity index (χ2v) is 1.90. The highest BCUT2D eigenvalue weighted by Crippen LogP contribution is 2.02. The van der Waals surface area contributed by atoms with Crippen LogP contribution < -0.4 is 9.30 Å². The highest BCUT2D eigenvalue weighted by molar-refractivity contribution is 5.14. The van der Waals surface area contributed by atoms with Gasteiger partial charge in [-0.25, -0.2) is 4.57 Å². The van der Waals surface area contributed by atoms with Crippen LogP contribution in [0, 0.1) is 0 Å². The molecule has 0 aromatic carbocycles. The Balaban J connectivity index is 0.000000461. The smallest absolute Gasteiger partial charge is 0.172 e. The van der Waals surface area contributed by atoms with Crippen molar-refractivity contribution in [1.82, 2.24) is 0 Å². The van der Waals surface area contributed by atoms with E-state index in [9.17, 15) is 0 Å². The summed E-state index contributed by atoms with van der Waals surface area (Å²) in [7, 11) is 3.63. The molecule has 1 aromatic rings. The Hall–Kier alpha value is -1.05. The first-order valence-corrected chi connectivity index (χ1v) is 3.82. The van der Waals surface area contributed by atoms with Gasteiger partial charge in [-0.05, 0) is 0 Å². The highest BCUT2D eigenvalue weighted by Gasteiger charge is 1.91. The lowest BCUT2D eigenvalue weighted by Gasteiger charge is -1.93. The minimum Gasteiger partial charge on any atom is -0.496 e. The number of hydrogen-bond donors (Lipinski definition) is 0. The number of hydrogen-bond acceptors (Lipinski definition) is 1. The van der Waals surface area contributed by atoms with Gasteiger partial charge in [-0.15, -0.1) is 0 Å². The lowest BCUT2D eigenvalue weighted by molar-refractivity contribution is -0.671. The molecule has 0 saturated carbocycles.